The van der Waals surface area contributed by atoms with Crippen molar-refractivity contribution in [3.63, 3.8) is 0 Å². The number of halogens is 1. The highest BCUT2D eigenvalue weighted by atomic mass is 79.9. The van der Waals surface area contributed by atoms with Crippen LogP contribution in [0.4, 0.5) is 0 Å². The standard InChI is InChI=1S/C9H12BrNS/c1-5-4-7(12-9(5)10)8(11)6-2-3-6/h4,6,8H,2-3,11H2,1H3/t8-/m1/s1. The van der Waals surface area contributed by atoms with Gasteiger partial charge >= 0.3 is 0 Å². The molecule has 66 valence electrons. The molecule has 0 aromatic carbocycles. The molecule has 1 heterocycles. The van der Waals surface area contributed by atoms with Crippen LogP contribution in [0.15, 0.2) is 9.85 Å². The quantitative estimate of drug-likeness (QED) is 0.851. The highest BCUT2D eigenvalue weighted by molar-refractivity contribution is 9.11. The number of rotatable bonds is 2. The van der Waals surface area contributed by atoms with Gasteiger partial charge in [-0.1, -0.05) is 0 Å². The smallest absolute Gasteiger partial charge is 0.0731 e. The van der Waals surface area contributed by atoms with Gasteiger partial charge in [-0.2, -0.15) is 0 Å². The maximum absolute atomic E-state index is 6.07. The van der Waals surface area contributed by atoms with Crippen molar-refractivity contribution >= 4 is 27.3 Å². The average Bonchev–Trinajstić information content (AvgIpc) is 2.80. The Bertz CT molecular complexity index is 271. The van der Waals surface area contributed by atoms with Crippen LogP contribution in [0, 0.1) is 12.8 Å². The van der Waals surface area contributed by atoms with Crippen molar-refractivity contribution in [1.29, 1.82) is 0 Å². The molecule has 0 aliphatic heterocycles. The molecule has 12 heavy (non-hydrogen) atoms. The Morgan fingerprint density at radius 3 is 2.75 bits per heavy atom. The van der Waals surface area contributed by atoms with E-state index in [9.17, 15) is 0 Å². The summed E-state index contributed by atoms with van der Waals surface area (Å²) in [7, 11) is 0. The number of thiophene rings is 1. The maximum atomic E-state index is 6.07. The lowest BCUT2D eigenvalue weighted by Crippen LogP contribution is -2.10. The zero-order chi connectivity index (χ0) is 8.72. The topological polar surface area (TPSA) is 26.0 Å². The zero-order valence-corrected chi connectivity index (χ0v) is 9.41. The van der Waals surface area contributed by atoms with Crippen LogP contribution in [0.1, 0.15) is 29.3 Å². The molecule has 1 aliphatic rings. The minimum atomic E-state index is 0.292. The summed E-state index contributed by atoms with van der Waals surface area (Å²) in [6, 6.07) is 2.50. The molecule has 1 nitrogen and oxygen atoms in total. The SMILES string of the molecule is Cc1cc([C@H](N)C2CC2)sc1Br. The summed E-state index contributed by atoms with van der Waals surface area (Å²) in [5.74, 6) is 0.759. The second-order valence-electron chi connectivity index (χ2n) is 3.47. The molecule has 3 heteroatoms. The van der Waals surface area contributed by atoms with E-state index in [0.29, 0.717) is 6.04 Å². The van der Waals surface area contributed by atoms with Gasteiger partial charge in [0.25, 0.3) is 0 Å². The molecule has 0 unspecified atom stereocenters. The molecule has 0 spiro atoms. The third-order valence-corrected chi connectivity index (χ3v) is 4.57. The number of hydrogen-bond donors (Lipinski definition) is 1. The van der Waals surface area contributed by atoms with E-state index in [1.165, 1.54) is 27.1 Å². The van der Waals surface area contributed by atoms with Crippen LogP contribution < -0.4 is 5.73 Å². The van der Waals surface area contributed by atoms with Crippen LogP contribution in [-0.2, 0) is 0 Å². The summed E-state index contributed by atoms with van der Waals surface area (Å²) in [5, 5.41) is 0. The van der Waals surface area contributed by atoms with Gasteiger partial charge in [0.15, 0.2) is 0 Å². The largest absolute Gasteiger partial charge is 0.323 e. The Morgan fingerprint density at radius 2 is 2.33 bits per heavy atom. The van der Waals surface area contributed by atoms with Crippen LogP contribution >= 0.6 is 27.3 Å². The molecule has 1 saturated carbocycles. The van der Waals surface area contributed by atoms with Crippen molar-refractivity contribution in [3.05, 3.63) is 20.3 Å². The summed E-state index contributed by atoms with van der Waals surface area (Å²) in [4.78, 5) is 1.34. The van der Waals surface area contributed by atoms with Crippen LogP contribution in [0.2, 0.25) is 0 Å². The third-order valence-electron chi connectivity index (χ3n) is 2.33. The molecular formula is C9H12BrNS. The monoisotopic (exact) mass is 245 g/mol. The minimum Gasteiger partial charge on any atom is -0.323 e. The molecule has 2 N–H and O–H groups in total. The van der Waals surface area contributed by atoms with Gasteiger partial charge in [-0.05, 0) is 53.2 Å². The summed E-state index contributed by atoms with van der Waals surface area (Å²) in [5.41, 5.74) is 7.38. The van der Waals surface area contributed by atoms with Crippen LogP contribution in [0.25, 0.3) is 0 Å². The first-order chi connectivity index (χ1) is 5.68. The summed E-state index contributed by atoms with van der Waals surface area (Å²) in [6.07, 6.45) is 2.63. The van der Waals surface area contributed by atoms with E-state index in [-0.39, 0.29) is 0 Å². The Kier molecular flexibility index (Phi) is 2.27. The lowest BCUT2D eigenvalue weighted by molar-refractivity contribution is 0.644. The van der Waals surface area contributed by atoms with Crippen LogP contribution in [0.5, 0.6) is 0 Å². The van der Waals surface area contributed by atoms with Gasteiger partial charge in [0, 0.05) is 10.9 Å². The maximum Gasteiger partial charge on any atom is 0.0731 e. The van der Waals surface area contributed by atoms with E-state index in [1.54, 1.807) is 11.3 Å². The Hall–Kier alpha value is 0.140. The second kappa shape index (κ2) is 3.13. The van der Waals surface area contributed by atoms with Gasteiger partial charge in [0.1, 0.15) is 0 Å². The van der Waals surface area contributed by atoms with E-state index < -0.39 is 0 Å². The molecule has 1 aromatic rings. The second-order valence-corrected chi connectivity index (χ2v) is 5.87. The van der Waals surface area contributed by atoms with Crippen LogP contribution in [0.3, 0.4) is 0 Å². The van der Waals surface area contributed by atoms with Crippen molar-refractivity contribution in [2.45, 2.75) is 25.8 Å². The fraction of sp³-hybridized carbons (Fsp3) is 0.556. The first-order valence-electron chi connectivity index (χ1n) is 4.20. The van der Waals surface area contributed by atoms with Gasteiger partial charge in [-0.15, -0.1) is 11.3 Å². The van der Waals surface area contributed by atoms with Crippen molar-refractivity contribution in [1.82, 2.24) is 0 Å². The highest BCUT2D eigenvalue weighted by Gasteiger charge is 2.30. The Morgan fingerprint density at radius 1 is 1.67 bits per heavy atom. The average molecular weight is 246 g/mol. The van der Waals surface area contributed by atoms with E-state index in [1.807, 2.05) is 0 Å². The number of aryl methyl sites for hydroxylation is 1. The zero-order valence-electron chi connectivity index (χ0n) is 7.01. The Balaban J connectivity index is 2.21. The van der Waals surface area contributed by atoms with Gasteiger partial charge in [0.05, 0.1) is 3.79 Å². The third kappa shape index (κ3) is 1.58. The van der Waals surface area contributed by atoms with Gasteiger partial charge < -0.3 is 5.73 Å². The predicted octanol–water partition coefficient (Wildman–Crippen LogP) is 3.23. The normalized spacial score (nSPS) is 19.6. The molecule has 1 fully saturated rings. The molecule has 1 aromatic heterocycles. The minimum absolute atomic E-state index is 0.292. The van der Waals surface area contributed by atoms with Gasteiger partial charge in [-0.3, -0.25) is 0 Å². The molecule has 1 aliphatic carbocycles. The van der Waals surface area contributed by atoms with E-state index in [0.717, 1.165) is 5.92 Å². The summed E-state index contributed by atoms with van der Waals surface area (Å²) < 4.78 is 1.23. The lowest BCUT2D eigenvalue weighted by Gasteiger charge is -2.05. The fourth-order valence-corrected chi connectivity index (χ4v) is 3.00. The molecule has 0 radical (unpaired) electrons. The molecule has 0 saturated heterocycles. The van der Waals surface area contributed by atoms with E-state index in [4.69, 9.17) is 5.73 Å². The number of hydrogen-bond acceptors (Lipinski definition) is 2. The van der Waals surface area contributed by atoms with Gasteiger partial charge in [-0.25, -0.2) is 0 Å². The molecule has 0 amide bonds. The first-order valence-corrected chi connectivity index (χ1v) is 5.81. The van der Waals surface area contributed by atoms with Gasteiger partial charge in [0.2, 0.25) is 0 Å². The Labute approximate surface area is 85.1 Å². The van der Waals surface area contributed by atoms with E-state index >= 15 is 0 Å². The van der Waals surface area contributed by atoms with Crippen molar-refractivity contribution in [2.75, 3.05) is 0 Å². The molecular weight excluding hydrogens is 234 g/mol. The highest BCUT2D eigenvalue weighted by Crippen LogP contribution is 2.42. The summed E-state index contributed by atoms with van der Waals surface area (Å²) in [6.45, 7) is 2.11. The molecule has 1 atom stereocenters. The first kappa shape index (κ1) is 8.73. The van der Waals surface area contributed by atoms with Crippen molar-refractivity contribution in [2.24, 2.45) is 11.7 Å². The van der Waals surface area contributed by atoms with Crippen molar-refractivity contribution < 1.29 is 0 Å². The summed E-state index contributed by atoms with van der Waals surface area (Å²) >= 11 is 5.30. The van der Waals surface area contributed by atoms with Crippen LogP contribution in [-0.4, -0.2) is 0 Å². The predicted molar refractivity (Wildman–Crippen MR) is 56.4 cm³/mol. The van der Waals surface area contributed by atoms with E-state index in [2.05, 4.69) is 28.9 Å². The van der Waals surface area contributed by atoms with Crippen molar-refractivity contribution in [3.8, 4) is 0 Å². The molecule has 2 rings (SSSR count). The molecule has 0 bridgehead atoms. The number of nitrogens with two attached hydrogens (primary N) is 1. The lowest BCUT2D eigenvalue weighted by atomic mass is 10.1. The fourth-order valence-electron chi connectivity index (χ4n) is 1.34.